The molecule has 0 bridgehead atoms. The number of benzene rings is 2. The van der Waals surface area contributed by atoms with Gasteiger partial charge in [-0.2, -0.15) is 5.10 Å². The molecule has 0 amide bonds. The van der Waals surface area contributed by atoms with Crippen LogP contribution >= 0.6 is 0 Å². The van der Waals surface area contributed by atoms with E-state index < -0.39 is 0 Å². The molecule has 4 heteroatoms. The predicted octanol–water partition coefficient (Wildman–Crippen LogP) is 5.37. The summed E-state index contributed by atoms with van der Waals surface area (Å²) in [6, 6.07) is 14.4. The molecule has 0 saturated heterocycles. The van der Waals surface area contributed by atoms with Gasteiger partial charge in [0.2, 0.25) is 0 Å². The summed E-state index contributed by atoms with van der Waals surface area (Å²) < 4.78 is 2.12. The Bertz CT molecular complexity index is 1100. The highest BCUT2D eigenvalue weighted by molar-refractivity contribution is 5.90. The first-order valence-corrected chi connectivity index (χ1v) is 8.89. The number of aryl methyl sites for hydroxylation is 2. The summed E-state index contributed by atoms with van der Waals surface area (Å²) >= 11 is 0. The second-order valence-corrected chi connectivity index (χ2v) is 7.20. The number of rotatable bonds is 3. The van der Waals surface area contributed by atoms with Crippen molar-refractivity contribution in [1.82, 2.24) is 14.8 Å². The highest BCUT2D eigenvalue weighted by Gasteiger charge is 2.17. The standard InChI is InChI=1S/C22H23N3O/c1-13(2)18-12-17(6-8-20(18)26)22-21(14(3)23-24-22)16-5-7-19-15(11-16)9-10-25(19)4/h5-13,26H,1-4H3,(H,23,24). The van der Waals surface area contributed by atoms with Crippen LogP contribution in [0.3, 0.4) is 0 Å². The molecule has 0 fully saturated rings. The molecular weight excluding hydrogens is 322 g/mol. The van der Waals surface area contributed by atoms with Gasteiger partial charge < -0.3 is 9.67 Å². The van der Waals surface area contributed by atoms with Crippen molar-refractivity contribution in [3.63, 3.8) is 0 Å². The van der Waals surface area contributed by atoms with Gasteiger partial charge in [0.15, 0.2) is 0 Å². The van der Waals surface area contributed by atoms with E-state index in [-0.39, 0.29) is 5.92 Å². The van der Waals surface area contributed by atoms with Gasteiger partial charge in [0.1, 0.15) is 11.4 Å². The maximum atomic E-state index is 10.1. The topological polar surface area (TPSA) is 53.8 Å². The fourth-order valence-corrected chi connectivity index (χ4v) is 3.59. The fourth-order valence-electron chi connectivity index (χ4n) is 3.59. The van der Waals surface area contributed by atoms with E-state index in [4.69, 9.17) is 0 Å². The minimum absolute atomic E-state index is 0.249. The van der Waals surface area contributed by atoms with Crippen molar-refractivity contribution in [2.45, 2.75) is 26.7 Å². The number of phenols is 1. The van der Waals surface area contributed by atoms with Crippen molar-refractivity contribution in [2.75, 3.05) is 0 Å². The minimum Gasteiger partial charge on any atom is -0.508 e. The number of aromatic amines is 1. The number of nitrogens with one attached hydrogen (secondary N) is 1. The third-order valence-electron chi connectivity index (χ3n) is 5.04. The van der Waals surface area contributed by atoms with E-state index in [0.29, 0.717) is 5.75 Å². The molecular formula is C22H23N3O. The maximum Gasteiger partial charge on any atom is 0.119 e. The molecule has 4 nitrogen and oxygen atoms in total. The molecule has 0 aliphatic rings. The summed E-state index contributed by atoms with van der Waals surface area (Å²) in [6.07, 6.45) is 2.08. The molecule has 132 valence electrons. The van der Waals surface area contributed by atoms with Crippen LogP contribution in [-0.2, 0) is 7.05 Å². The van der Waals surface area contributed by atoms with Gasteiger partial charge in [-0.25, -0.2) is 0 Å². The van der Waals surface area contributed by atoms with Crippen LogP contribution in [0.4, 0.5) is 0 Å². The largest absolute Gasteiger partial charge is 0.508 e. The van der Waals surface area contributed by atoms with Gasteiger partial charge in [-0.05, 0) is 60.4 Å². The molecule has 2 N–H and O–H groups in total. The monoisotopic (exact) mass is 345 g/mol. The first-order valence-electron chi connectivity index (χ1n) is 8.89. The number of fused-ring (bicyclic) bond motifs is 1. The summed E-state index contributed by atoms with van der Waals surface area (Å²) in [5.41, 5.74) is 7.37. The Morgan fingerprint density at radius 1 is 1.04 bits per heavy atom. The zero-order valence-electron chi connectivity index (χ0n) is 15.5. The van der Waals surface area contributed by atoms with Crippen LogP contribution in [0.25, 0.3) is 33.3 Å². The third-order valence-corrected chi connectivity index (χ3v) is 5.04. The van der Waals surface area contributed by atoms with E-state index in [0.717, 1.165) is 33.6 Å². The van der Waals surface area contributed by atoms with E-state index in [2.05, 4.69) is 66.1 Å². The van der Waals surface area contributed by atoms with Crippen LogP contribution in [0.15, 0.2) is 48.7 Å². The number of aromatic hydroxyl groups is 1. The Kier molecular flexibility index (Phi) is 3.83. The lowest BCUT2D eigenvalue weighted by atomic mass is 9.94. The molecule has 4 rings (SSSR count). The van der Waals surface area contributed by atoms with Gasteiger partial charge in [-0.15, -0.1) is 0 Å². The average molecular weight is 345 g/mol. The molecule has 4 aromatic rings. The van der Waals surface area contributed by atoms with E-state index in [1.165, 1.54) is 10.9 Å². The van der Waals surface area contributed by atoms with Crippen LogP contribution in [0.1, 0.15) is 31.0 Å². The number of nitrogens with zero attached hydrogens (tertiary/aromatic N) is 2. The minimum atomic E-state index is 0.249. The number of hydrogen-bond donors (Lipinski definition) is 2. The molecule has 2 aromatic carbocycles. The second kappa shape index (κ2) is 6.06. The van der Waals surface area contributed by atoms with Crippen molar-refractivity contribution < 1.29 is 5.11 Å². The van der Waals surface area contributed by atoms with Gasteiger partial charge in [0, 0.05) is 41.0 Å². The zero-order valence-corrected chi connectivity index (χ0v) is 15.5. The molecule has 0 saturated carbocycles. The highest BCUT2D eigenvalue weighted by Crippen LogP contribution is 2.37. The van der Waals surface area contributed by atoms with E-state index in [9.17, 15) is 5.11 Å². The molecule has 0 spiro atoms. The molecule has 0 radical (unpaired) electrons. The lowest BCUT2D eigenvalue weighted by Crippen LogP contribution is -1.91. The number of phenolic OH excluding ortho intramolecular Hbond substituents is 1. The Morgan fingerprint density at radius 2 is 1.81 bits per heavy atom. The molecule has 0 aliphatic carbocycles. The Labute approximate surface area is 153 Å². The zero-order chi connectivity index (χ0) is 18.4. The Morgan fingerprint density at radius 3 is 2.58 bits per heavy atom. The Balaban J connectivity index is 1.89. The fraction of sp³-hybridized carbons (Fsp3) is 0.227. The van der Waals surface area contributed by atoms with E-state index >= 15 is 0 Å². The number of aromatic nitrogens is 3. The van der Waals surface area contributed by atoms with Gasteiger partial charge in [-0.3, -0.25) is 5.10 Å². The van der Waals surface area contributed by atoms with Crippen LogP contribution in [0.5, 0.6) is 5.75 Å². The van der Waals surface area contributed by atoms with Crippen molar-refractivity contribution in [1.29, 1.82) is 0 Å². The maximum absolute atomic E-state index is 10.1. The number of H-pyrrole nitrogens is 1. The summed E-state index contributed by atoms with van der Waals surface area (Å²) in [5, 5.41) is 19.0. The van der Waals surface area contributed by atoms with E-state index in [1.807, 2.05) is 19.1 Å². The SMILES string of the molecule is Cc1[nH]nc(-c2ccc(O)c(C(C)C)c2)c1-c1ccc2c(ccn2C)c1. The van der Waals surface area contributed by atoms with Crippen molar-refractivity contribution in [3.05, 3.63) is 59.9 Å². The Hall–Kier alpha value is -3.01. The van der Waals surface area contributed by atoms with Crippen LogP contribution in [-0.4, -0.2) is 19.9 Å². The van der Waals surface area contributed by atoms with Crippen LogP contribution in [0, 0.1) is 6.92 Å². The lowest BCUT2D eigenvalue weighted by molar-refractivity contribution is 0.465. The van der Waals surface area contributed by atoms with Gasteiger partial charge in [0.05, 0.1) is 0 Å². The summed E-state index contributed by atoms with van der Waals surface area (Å²) in [7, 11) is 2.06. The second-order valence-electron chi connectivity index (χ2n) is 7.20. The summed E-state index contributed by atoms with van der Waals surface area (Å²) in [6.45, 7) is 6.21. The van der Waals surface area contributed by atoms with Gasteiger partial charge in [-0.1, -0.05) is 19.9 Å². The van der Waals surface area contributed by atoms with Crippen molar-refractivity contribution in [3.8, 4) is 28.1 Å². The normalized spacial score (nSPS) is 11.6. The highest BCUT2D eigenvalue weighted by atomic mass is 16.3. The van der Waals surface area contributed by atoms with Gasteiger partial charge >= 0.3 is 0 Å². The molecule has 2 heterocycles. The van der Waals surface area contributed by atoms with Crippen LogP contribution in [0.2, 0.25) is 0 Å². The first-order chi connectivity index (χ1) is 12.5. The third kappa shape index (κ3) is 2.58. The first kappa shape index (κ1) is 16.5. The van der Waals surface area contributed by atoms with Crippen molar-refractivity contribution >= 4 is 10.9 Å². The molecule has 2 aromatic heterocycles. The smallest absolute Gasteiger partial charge is 0.119 e. The number of hydrogen-bond acceptors (Lipinski definition) is 2. The molecule has 26 heavy (non-hydrogen) atoms. The predicted molar refractivity (Wildman–Crippen MR) is 106 cm³/mol. The molecule has 0 atom stereocenters. The molecule has 0 unspecified atom stereocenters. The summed E-state index contributed by atoms with van der Waals surface area (Å²) in [4.78, 5) is 0. The lowest BCUT2D eigenvalue weighted by Gasteiger charge is -2.11. The average Bonchev–Trinajstić information content (AvgIpc) is 3.18. The van der Waals surface area contributed by atoms with Crippen molar-refractivity contribution in [2.24, 2.45) is 7.05 Å². The van der Waals surface area contributed by atoms with E-state index in [1.54, 1.807) is 6.07 Å². The molecule has 0 aliphatic heterocycles. The quantitative estimate of drug-likeness (QED) is 0.524. The van der Waals surface area contributed by atoms with Gasteiger partial charge in [0.25, 0.3) is 0 Å². The van der Waals surface area contributed by atoms with Crippen LogP contribution < -0.4 is 0 Å². The summed E-state index contributed by atoms with van der Waals surface area (Å²) in [5.74, 6) is 0.586.